The molecule has 0 unspecified atom stereocenters. The molecule has 0 heterocycles. The number of nitrogens with two attached hydrogens (primary N) is 1. The maximum atomic E-state index is 6.23. The Morgan fingerprint density at radius 1 is 0.786 bits per heavy atom. The van der Waals surface area contributed by atoms with Gasteiger partial charge in [-0.2, -0.15) is 0 Å². The summed E-state index contributed by atoms with van der Waals surface area (Å²) in [5.74, 6) is 1.96. The lowest BCUT2D eigenvalue weighted by Crippen LogP contribution is -2.25. The van der Waals surface area contributed by atoms with Crippen LogP contribution in [-0.4, -0.2) is 6.04 Å². The van der Waals surface area contributed by atoms with Crippen LogP contribution in [0.3, 0.4) is 0 Å². The molecule has 0 aromatic rings. The van der Waals surface area contributed by atoms with E-state index in [1.807, 2.05) is 0 Å². The summed E-state index contributed by atoms with van der Waals surface area (Å²) in [7, 11) is 0. The quantitative estimate of drug-likeness (QED) is 0.730. The third-order valence-electron chi connectivity index (χ3n) is 4.22. The van der Waals surface area contributed by atoms with E-state index in [2.05, 4.69) is 0 Å². The second-order valence-corrected chi connectivity index (χ2v) is 5.53. The molecule has 0 aromatic heterocycles. The van der Waals surface area contributed by atoms with Gasteiger partial charge in [-0.15, -0.1) is 0 Å². The molecular formula is C13H25N. The predicted octanol–water partition coefficient (Wildman–Crippen LogP) is 3.47. The van der Waals surface area contributed by atoms with Gasteiger partial charge >= 0.3 is 0 Å². The Hall–Kier alpha value is -0.0400. The number of hydrogen-bond acceptors (Lipinski definition) is 1. The smallest absolute Gasteiger partial charge is 0.00441 e. The number of hydrogen-bond donors (Lipinski definition) is 1. The first kappa shape index (κ1) is 10.5. The van der Waals surface area contributed by atoms with Crippen molar-refractivity contribution >= 4 is 0 Å². The molecule has 82 valence electrons. The predicted molar refractivity (Wildman–Crippen MR) is 61.1 cm³/mol. The van der Waals surface area contributed by atoms with Crippen LogP contribution in [0.1, 0.15) is 64.2 Å². The van der Waals surface area contributed by atoms with Crippen LogP contribution in [0.5, 0.6) is 0 Å². The Balaban J connectivity index is 1.64. The van der Waals surface area contributed by atoms with E-state index >= 15 is 0 Å². The highest BCUT2D eigenvalue weighted by molar-refractivity contribution is 4.77. The van der Waals surface area contributed by atoms with Crippen LogP contribution >= 0.6 is 0 Å². The zero-order valence-corrected chi connectivity index (χ0v) is 9.38. The first-order chi connectivity index (χ1) is 6.84. The molecule has 1 nitrogen and oxygen atoms in total. The Kier molecular flexibility index (Phi) is 3.86. The fourth-order valence-electron chi connectivity index (χ4n) is 3.44. The SMILES string of the molecule is NC(CC1CCCC1)CC1CCCC1. The van der Waals surface area contributed by atoms with Gasteiger partial charge in [0, 0.05) is 6.04 Å². The molecule has 1 heteroatoms. The monoisotopic (exact) mass is 195 g/mol. The van der Waals surface area contributed by atoms with E-state index in [-0.39, 0.29) is 0 Å². The normalized spacial score (nSPS) is 25.3. The van der Waals surface area contributed by atoms with Crippen molar-refractivity contribution in [3.8, 4) is 0 Å². The van der Waals surface area contributed by atoms with Crippen LogP contribution in [0, 0.1) is 11.8 Å². The molecule has 2 aliphatic carbocycles. The molecule has 2 saturated carbocycles. The summed E-state index contributed by atoms with van der Waals surface area (Å²) >= 11 is 0. The largest absolute Gasteiger partial charge is 0.328 e. The van der Waals surface area contributed by atoms with Gasteiger partial charge in [-0.3, -0.25) is 0 Å². The second-order valence-electron chi connectivity index (χ2n) is 5.53. The lowest BCUT2D eigenvalue weighted by Gasteiger charge is -2.19. The van der Waals surface area contributed by atoms with Gasteiger partial charge < -0.3 is 5.73 Å². The summed E-state index contributed by atoms with van der Waals surface area (Å²) in [4.78, 5) is 0. The van der Waals surface area contributed by atoms with E-state index in [1.54, 1.807) is 0 Å². The average molecular weight is 195 g/mol. The third-order valence-corrected chi connectivity index (χ3v) is 4.22. The Morgan fingerprint density at radius 3 is 1.50 bits per heavy atom. The second kappa shape index (κ2) is 5.16. The molecule has 0 radical (unpaired) electrons. The Bertz CT molecular complexity index is 137. The van der Waals surface area contributed by atoms with Crippen LogP contribution in [0.15, 0.2) is 0 Å². The Labute approximate surface area is 88.4 Å². The van der Waals surface area contributed by atoms with E-state index in [0.29, 0.717) is 6.04 Å². The molecule has 0 spiro atoms. The van der Waals surface area contributed by atoms with Gasteiger partial charge in [0.15, 0.2) is 0 Å². The first-order valence-corrected chi connectivity index (χ1v) is 6.60. The summed E-state index contributed by atoms with van der Waals surface area (Å²) in [6.45, 7) is 0. The molecule has 0 amide bonds. The fourth-order valence-corrected chi connectivity index (χ4v) is 3.44. The minimum Gasteiger partial charge on any atom is -0.328 e. The fraction of sp³-hybridized carbons (Fsp3) is 1.00. The third kappa shape index (κ3) is 2.98. The van der Waals surface area contributed by atoms with Gasteiger partial charge in [0.2, 0.25) is 0 Å². The van der Waals surface area contributed by atoms with Gasteiger partial charge in [0.05, 0.1) is 0 Å². The van der Waals surface area contributed by atoms with E-state index in [9.17, 15) is 0 Å². The van der Waals surface area contributed by atoms with Crippen molar-refractivity contribution in [1.29, 1.82) is 0 Å². The highest BCUT2D eigenvalue weighted by atomic mass is 14.6. The zero-order valence-electron chi connectivity index (χ0n) is 9.38. The molecule has 0 saturated heterocycles. The van der Waals surface area contributed by atoms with Gasteiger partial charge in [0.1, 0.15) is 0 Å². The minimum atomic E-state index is 0.515. The van der Waals surface area contributed by atoms with Crippen molar-refractivity contribution in [3.05, 3.63) is 0 Å². The first-order valence-electron chi connectivity index (χ1n) is 6.60. The summed E-state index contributed by atoms with van der Waals surface area (Å²) in [5.41, 5.74) is 6.23. The van der Waals surface area contributed by atoms with Crippen molar-refractivity contribution in [2.75, 3.05) is 0 Å². The van der Waals surface area contributed by atoms with Gasteiger partial charge in [-0.05, 0) is 24.7 Å². The van der Waals surface area contributed by atoms with Gasteiger partial charge in [-0.25, -0.2) is 0 Å². The van der Waals surface area contributed by atoms with Gasteiger partial charge in [0.25, 0.3) is 0 Å². The molecule has 0 aliphatic heterocycles. The van der Waals surface area contributed by atoms with Crippen molar-refractivity contribution in [2.45, 2.75) is 70.3 Å². The van der Waals surface area contributed by atoms with Crippen LogP contribution in [-0.2, 0) is 0 Å². The van der Waals surface area contributed by atoms with Crippen LogP contribution < -0.4 is 5.73 Å². The van der Waals surface area contributed by atoms with Crippen molar-refractivity contribution in [2.24, 2.45) is 17.6 Å². The van der Waals surface area contributed by atoms with Crippen LogP contribution in [0.2, 0.25) is 0 Å². The summed E-state index contributed by atoms with van der Waals surface area (Å²) in [6, 6.07) is 0.515. The zero-order chi connectivity index (χ0) is 9.80. The lowest BCUT2D eigenvalue weighted by atomic mass is 9.91. The summed E-state index contributed by atoms with van der Waals surface area (Å²) < 4.78 is 0. The topological polar surface area (TPSA) is 26.0 Å². The molecular weight excluding hydrogens is 170 g/mol. The Morgan fingerprint density at radius 2 is 1.14 bits per heavy atom. The van der Waals surface area contributed by atoms with E-state index < -0.39 is 0 Å². The molecule has 0 aromatic carbocycles. The standard InChI is InChI=1S/C13H25N/c14-13(9-11-5-1-2-6-11)10-12-7-3-4-8-12/h11-13H,1-10,14H2. The van der Waals surface area contributed by atoms with E-state index in [4.69, 9.17) is 5.73 Å². The maximum absolute atomic E-state index is 6.23. The highest BCUT2D eigenvalue weighted by Crippen LogP contribution is 2.32. The molecule has 2 N–H and O–H groups in total. The van der Waals surface area contributed by atoms with Crippen LogP contribution in [0.25, 0.3) is 0 Å². The van der Waals surface area contributed by atoms with Gasteiger partial charge in [-0.1, -0.05) is 51.4 Å². The molecule has 2 rings (SSSR count). The molecule has 2 fully saturated rings. The molecule has 2 aliphatic rings. The molecule has 0 atom stereocenters. The van der Waals surface area contributed by atoms with E-state index in [1.165, 1.54) is 64.2 Å². The highest BCUT2D eigenvalue weighted by Gasteiger charge is 2.22. The average Bonchev–Trinajstić information content (AvgIpc) is 2.76. The van der Waals surface area contributed by atoms with Crippen molar-refractivity contribution in [3.63, 3.8) is 0 Å². The molecule has 14 heavy (non-hydrogen) atoms. The van der Waals surface area contributed by atoms with Crippen molar-refractivity contribution < 1.29 is 0 Å². The maximum Gasteiger partial charge on any atom is 0.00441 e. The lowest BCUT2D eigenvalue weighted by molar-refractivity contribution is 0.371. The van der Waals surface area contributed by atoms with E-state index in [0.717, 1.165) is 11.8 Å². The van der Waals surface area contributed by atoms with Crippen molar-refractivity contribution in [1.82, 2.24) is 0 Å². The van der Waals surface area contributed by atoms with Crippen LogP contribution in [0.4, 0.5) is 0 Å². The summed E-state index contributed by atoms with van der Waals surface area (Å²) in [5, 5.41) is 0. The molecule has 0 bridgehead atoms. The minimum absolute atomic E-state index is 0.515. The number of rotatable bonds is 4. The summed E-state index contributed by atoms with van der Waals surface area (Å²) in [6.07, 6.45) is 14.3.